The molecule has 0 aromatic rings. The third-order valence-electron chi connectivity index (χ3n) is 2.20. The van der Waals surface area contributed by atoms with Gasteiger partial charge in [-0.2, -0.15) is 0 Å². The monoisotopic (exact) mass is 178 g/mol. The fourth-order valence-corrected chi connectivity index (χ4v) is 1.39. The van der Waals surface area contributed by atoms with E-state index in [1.807, 2.05) is 0 Å². The molecule has 2 fully saturated rings. The molecule has 2 aliphatic rings. The molecule has 2 heterocycles. The Bertz CT molecular complexity index is 196. The quantitative estimate of drug-likeness (QED) is 0.322. The van der Waals surface area contributed by atoms with E-state index >= 15 is 0 Å². The molecule has 2 saturated heterocycles. The molecule has 0 spiro atoms. The minimum Gasteiger partial charge on any atom is -0.391 e. The molecule has 0 radical (unpaired) electrons. The van der Waals surface area contributed by atoms with Crippen LogP contribution in [-0.2, 0) is 9.47 Å². The number of aliphatic hydroxyl groups is 4. The van der Waals surface area contributed by atoms with Crippen LogP contribution in [0.15, 0.2) is 0 Å². The molecule has 6 heteroatoms. The number of fused-ring (bicyclic) bond motifs is 1. The van der Waals surface area contributed by atoms with Gasteiger partial charge in [-0.25, -0.2) is 0 Å². The summed E-state index contributed by atoms with van der Waals surface area (Å²) in [6.45, 7) is -0.446. The minimum atomic E-state index is -1.51. The van der Waals surface area contributed by atoms with Gasteiger partial charge in [-0.05, 0) is 0 Å². The van der Waals surface area contributed by atoms with Crippen molar-refractivity contribution in [2.75, 3.05) is 6.61 Å². The molecule has 0 saturated carbocycles. The van der Waals surface area contributed by atoms with E-state index in [9.17, 15) is 5.11 Å². The van der Waals surface area contributed by atoms with E-state index in [2.05, 4.69) is 0 Å². The molecule has 70 valence electrons. The van der Waals surface area contributed by atoms with Crippen LogP contribution >= 0.6 is 0 Å². The van der Waals surface area contributed by atoms with Crippen LogP contribution in [0.2, 0.25) is 0 Å². The maximum atomic E-state index is 9.23. The van der Waals surface area contributed by atoms with Crippen molar-refractivity contribution in [2.45, 2.75) is 30.4 Å². The number of ether oxygens (including phenoxy) is 2. The summed E-state index contributed by atoms with van der Waals surface area (Å²) in [5.41, 5.74) is 0. The van der Waals surface area contributed by atoms with Crippen LogP contribution in [0.1, 0.15) is 0 Å². The number of hydrogen-bond acceptors (Lipinski definition) is 6. The summed E-state index contributed by atoms with van der Waals surface area (Å²) in [4.78, 5) is 0. The van der Waals surface area contributed by atoms with E-state index in [0.717, 1.165) is 0 Å². The van der Waals surface area contributed by atoms with Crippen LogP contribution in [0.4, 0.5) is 0 Å². The van der Waals surface area contributed by atoms with Crippen molar-refractivity contribution < 1.29 is 29.9 Å². The van der Waals surface area contributed by atoms with E-state index in [1.54, 1.807) is 0 Å². The average molecular weight is 178 g/mol. The third-order valence-corrected chi connectivity index (χ3v) is 2.20. The highest BCUT2D eigenvalue weighted by molar-refractivity contribution is 5.05. The van der Waals surface area contributed by atoms with Gasteiger partial charge in [-0.15, -0.1) is 0 Å². The number of hydrogen-bond donors (Lipinski definition) is 4. The van der Waals surface area contributed by atoms with Gasteiger partial charge in [0.25, 0.3) is 0 Å². The van der Waals surface area contributed by atoms with E-state index in [0.29, 0.717) is 0 Å². The first kappa shape index (κ1) is 8.36. The Morgan fingerprint density at radius 1 is 1.08 bits per heavy atom. The smallest absolute Gasteiger partial charge is 0.224 e. The summed E-state index contributed by atoms with van der Waals surface area (Å²) in [6.07, 6.45) is -4.83. The number of rotatable bonds is 1. The first-order valence-electron chi connectivity index (χ1n) is 3.61. The van der Waals surface area contributed by atoms with Crippen molar-refractivity contribution in [1.29, 1.82) is 0 Å². The summed E-state index contributed by atoms with van der Waals surface area (Å²) >= 11 is 0. The number of aliphatic hydroxyl groups excluding tert-OH is 4. The average Bonchev–Trinajstić information content (AvgIpc) is 2.76. The Balaban J connectivity index is 2.12. The molecule has 0 aliphatic carbocycles. The summed E-state index contributed by atoms with van der Waals surface area (Å²) in [6, 6.07) is 0. The molecule has 0 aromatic heterocycles. The Labute approximate surface area is 68.0 Å². The van der Waals surface area contributed by atoms with Gasteiger partial charge in [0.05, 0.1) is 0 Å². The van der Waals surface area contributed by atoms with Gasteiger partial charge in [0.15, 0.2) is 6.29 Å². The Morgan fingerprint density at radius 3 is 2.33 bits per heavy atom. The fourth-order valence-electron chi connectivity index (χ4n) is 1.39. The maximum absolute atomic E-state index is 9.23. The van der Waals surface area contributed by atoms with Gasteiger partial charge in [0.1, 0.15) is 24.9 Å². The van der Waals surface area contributed by atoms with Gasteiger partial charge in [0, 0.05) is 0 Å². The van der Waals surface area contributed by atoms with Gasteiger partial charge in [0.2, 0.25) is 5.79 Å². The van der Waals surface area contributed by atoms with Crippen molar-refractivity contribution in [3.63, 3.8) is 0 Å². The lowest BCUT2D eigenvalue weighted by atomic mass is 10.0. The third kappa shape index (κ3) is 0.905. The van der Waals surface area contributed by atoms with Crippen molar-refractivity contribution in [2.24, 2.45) is 0 Å². The largest absolute Gasteiger partial charge is 0.391 e. The first-order chi connectivity index (χ1) is 5.60. The lowest BCUT2D eigenvalue weighted by molar-refractivity contribution is -0.259. The Kier molecular flexibility index (Phi) is 1.66. The highest BCUT2D eigenvalue weighted by Crippen LogP contribution is 2.45. The normalized spacial score (nSPS) is 58.0. The molecule has 5 atom stereocenters. The van der Waals surface area contributed by atoms with Crippen molar-refractivity contribution >= 4 is 0 Å². The summed E-state index contributed by atoms with van der Waals surface area (Å²) < 4.78 is 9.58. The highest BCUT2D eigenvalue weighted by atomic mass is 16.8. The standard InChI is InChI=1S/C6H10O6/c7-1-6-4(11-6)2(8)3(9)5(10)12-6/h2-5,7-10H,1H2/t2-,3-,4+,5-,6-/m1/s1. The molecule has 12 heavy (non-hydrogen) atoms. The molecule has 6 nitrogen and oxygen atoms in total. The van der Waals surface area contributed by atoms with Gasteiger partial charge in [-0.1, -0.05) is 0 Å². The molecule has 0 amide bonds. The lowest BCUT2D eigenvalue weighted by Gasteiger charge is -2.29. The van der Waals surface area contributed by atoms with Crippen LogP contribution in [0.25, 0.3) is 0 Å². The molecule has 0 unspecified atom stereocenters. The van der Waals surface area contributed by atoms with Crippen molar-refractivity contribution in [3.8, 4) is 0 Å². The Morgan fingerprint density at radius 2 is 1.75 bits per heavy atom. The predicted octanol–water partition coefficient (Wildman–Crippen LogP) is -2.86. The van der Waals surface area contributed by atoms with E-state index in [4.69, 9.17) is 24.8 Å². The van der Waals surface area contributed by atoms with Crippen molar-refractivity contribution in [3.05, 3.63) is 0 Å². The molecule has 4 N–H and O–H groups in total. The second-order valence-corrected chi connectivity index (χ2v) is 3.00. The first-order valence-corrected chi connectivity index (χ1v) is 3.61. The van der Waals surface area contributed by atoms with Crippen LogP contribution in [0, 0.1) is 0 Å². The van der Waals surface area contributed by atoms with Gasteiger partial charge < -0.3 is 29.9 Å². The topological polar surface area (TPSA) is 103 Å². The van der Waals surface area contributed by atoms with Gasteiger partial charge in [-0.3, -0.25) is 0 Å². The predicted molar refractivity (Wildman–Crippen MR) is 33.8 cm³/mol. The van der Waals surface area contributed by atoms with Crippen LogP contribution < -0.4 is 0 Å². The SMILES string of the molecule is OC[C@@]12O[C@@H](O)[C@H](O)[C@@H](O)[C@@H]1O2. The van der Waals surface area contributed by atoms with Gasteiger partial charge >= 0.3 is 0 Å². The van der Waals surface area contributed by atoms with E-state index < -0.39 is 37.0 Å². The lowest BCUT2D eigenvalue weighted by Crippen LogP contribution is -2.52. The molecule has 2 rings (SSSR count). The molecular weight excluding hydrogens is 168 g/mol. The molecular formula is C6H10O6. The number of epoxide rings is 1. The van der Waals surface area contributed by atoms with E-state index in [1.165, 1.54) is 0 Å². The maximum Gasteiger partial charge on any atom is 0.224 e. The molecule has 2 aliphatic heterocycles. The second kappa shape index (κ2) is 2.38. The zero-order valence-corrected chi connectivity index (χ0v) is 6.12. The van der Waals surface area contributed by atoms with Crippen LogP contribution in [-0.4, -0.2) is 57.4 Å². The zero-order chi connectivity index (χ0) is 8.93. The van der Waals surface area contributed by atoms with Crippen LogP contribution in [0.3, 0.4) is 0 Å². The summed E-state index contributed by atoms with van der Waals surface area (Å²) in [5, 5.41) is 36.1. The van der Waals surface area contributed by atoms with Crippen molar-refractivity contribution in [1.82, 2.24) is 0 Å². The molecule has 0 bridgehead atoms. The second-order valence-electron chi connectivity index (χ2n) is 3.00. The molecule has 0 aromatic carbocycles. The van der Waals surface area contributed by atoms with Crippen LogP contribution in [0.5, 0.6) is 0 Å². The zero-order valence-electron chi connectivity index (χ0n) is 6.12. The summed E-state index contributed by atoms with van der Waals surface area (Å²) in [5.74, 6) is -1.29. The Hall–Kier alpha value is -0.240. The summed E-state index contributed by atoms with van der Waals surface area (Å²) in [7, 11) is 0. The fraction of sp³-hybridized carbons (Fsp3) is 1.00. The highest BCUT2D eigenvalue weighted by Gasteiger charge is 2.68. The van der Waals surface area contributed by atoms with E-state index in [-0.39, 0.29) is 0 Å². The minimum absolute atomic E-state index is 0.446.